The van der Waals surface area contributed by atoms with E-state index in [0.717, 1.165) is 11.4 Å². The fraction of sp³-hybridized carbons (Fsp3) is 0.500. The van der Waals surface area contributed by atoms with Crippen molar-refractivity contribution in [2.75, 3.05) is 24.3 Å². The van der Waals surface area contributed by atoms with E-state index in [1.807, 2.05) is 24.8 Å². The summed E-state index contributed by atoms with van der Waals surface area (Å²) in [7, 11) is 4.06. The van der Waals surface area contributed by atoms with Gasteiger partial charge >= 0.3 is 0 Å². The molecule has 1 aliphatic rings. The Hall–Kier alpha value is -2.30. The highest BCUT2D eigenvalue weighted by atomic mass is 16.1. The van der Waals surface area contributed by atoms with Gasteiger partial charge in [-0.2, -0.15) is 5.10 Å². The minimum Gasteiger partial charge on any atom is -0.378 e. The van der Waals surface area contributed by atoms with E-state index in [1.54, 1.807) is 6.20 Å². The van der Waals surface area contributed by atoms with Crippen LogP contribution in [0.3, 0.4) is 0 Å². The highest BCUT2D eigenvalue weighted by Crippen LogP contribution is 2.26. The molecule has 25 heavy (non-hydrogen) atoms. The van der Waals surface area contributed by atoms with Crippen molar-refractivity contribution < 1.29 is 4.79 Å². The third kappa shape index (κ3) is 4.84. The molecule has 1 aliphatic carbocycles. The van der Waals surface area contributed by atoms with Crippen LogP contribution in [-0.4, -0.2) is 29.8 Å². The van der Waals surface area contributed by atoms with Gasteiger partial charge in [-0.05, 0) is 36.5 Å². The Labute approximate surface area is 150 Å². The molecule has 0 unspecified atom stereocenters. The second-order valence-electron chi connectivity index (χ2n) is 7.19. The number of anilines is 2. The number of hydrogen-bond donors (Lipinski definition) is 1. The van der Waals surface area contributed by atoms with Gasteiger partial charge in [0.05, 0.1) is 12.7 Å². The van der Waals surface area contributed by atoms with Gasteiger partial charge in [-0.1, -0.05) is 31.4 Å². The topological polar surface area (TPSA) is 50.2 Å². The molecular formula is C20H28N4O. The molecule has 0 radical (unpaired) electrons. The average Bonchev–Trinajstić information content (AvgIpc) is 3.03. The lowest BCUT2D eigenvalue weighted by atomic mass is 9.87. The maximum atomic E-state index is 12.3. The third-order valence-electron chi connectivity index (χ3n) is 4.97. The molecule has 1 aromatic carbocycles. The minimum atomic E-state index is 0.108. The van der Waals surface area contributed by atoms with Crippen LogP contribution >= 0.6 is 0 Å². The van der Waals surface area contributed by atoms with Crippen molar-refractivity contribution in [3.05, 3.63) is 42.1 Å². The number of aromatic nitrogens is 2. The van der Waals surface area contributed by atoms with E-state index in [9.17, 15) is 4.79 Å². The summed E-state index contributed by atoms with van der Waals surface area (Å²) in [5.41, 5.74) is 2.34. The number of hydrogen-bond acceptors (Lipinski definition) is 3. The van der Waals surface area contributed by atoms with Gasteiger partial charge in [0.15, 0.2) is 0 Å². The number of benzene rings is 1. The molecule has 1 amide bonds. The first-order valence-electron chi connectivity index (χ1n) is 9.20. The zero-order valence-electron chi connectivity index (χ0n) is 15.2. The van der Waals surface area contributed by atoms with E-state index in [-0.39, 0.29) is 5.91 Å². The molecule has 1 heterocycles. The summed E-state index contributed by atoms with van der Waals surface area (Å²) in [4.78, 5) is 14.4. The molecule has 1 saturated carbocycles. The number of nitrogens with zero attached hydrogens (tertiary/aromatic N) is 3. The van der Waals surface area contributed by atoms with Crippen LogP contribution in [0.15, 0.2) is 36.5 Å². The van der Waals surface area contributed by atoms with Crippen LogP contribution in [0.4, 0.5) is 11.5 Å². The van der Waals surface area contributed by atoms with Crippen LogP contribution in [0.1, 0.15) is 44.1 Å². The molecule has 5 heteroatoms. The van der Waals surface area contributed by atoms with E-state index in [2.05, 4.69) is 39.6 Å². The van der Waals surface area contributed by atoms with Crippen molar-refractivity contribution >= 4 is 17.4 Å². The molecule has 2 aromatic rings. The molecule has 0 spiro atoms. The Bertz CT molecular complexity index is 684. The lowest BCUT2D eigenvalue weighted by Gasteiger charge is -2.21. The molecule has 5 nitrogen and oxygen atoms in total. The summed E-state index contributed by atoms with van der Waals surface area (Å²) in [6.45, 7) is 0.653. The third-order valence-corrected chi connectivity index (χ3v) is 4.97. The van der Waals surface area contributed by atoms with Crippen molar-refractivity contribution in [3.8, 4) is 0 Å². The molecular weight excluding hydrogens is 312 g/mol. The smallest absolute Gasteiger partial charge is 0.225 e. The molecule has 1 N–H and O–H groups in total. The Morgan fingerprint density at radius 3 is 2.56 bits per heavy atom. The Morgan fingerprint density at radius 2 is 1.88 bits per heavy atom. The number of rotatable bonds is 6. The summed E-state index contributed by atoms with van der Waals surface area (Å²) in [6.07, 6.45) is 8.58. The van der Waals surface area contributed by atoms with Crippen molar-refractivity contribution in [1.82, 2.24) is 9.78 Å². The number of nitrogens with one attached hydrogen (secondary N) is 1. The monoisotopic (exact) mass is 340 g/mol. The van der Waals surface area contributed by atoms with Crippen molar-refractivity contribution in [2.45, 2.75) is 45.1 Å². The summed E-state index contributed by atoms with van der Waals surface area (Å²) in [6, 6.07) is 10.3. The summed E-state index contributed by atoms with van der Waals surface area (Å²) < 4.78 is 1.85. The second kappa shape index (κ2) is 8.19. The first-order valence-corrected chi connectivity index (χ1v) is 9.20. The highest BCUT2D eigenvalue weighted by Gasteiger charge is 2.18. The van der Waals surface area contributed by atoms with Gasteiger partial charge in [0, 0.05) is 32.3 Å². The molecule has 0 atom stereocenters. The molecule has 1 fully saturated rings. The van der Waals surface area contributed by atoms with Gasteiger partial charge in [0.1, 0.15) is 5.82 Å². The van der Waals surface area contributed by atoms with Crippen LogP contribution in [0.5, 0.6) is 0 Å². The van der Waals surface area contributed by atoms with Gasteiger partial charge in [0.25, 0.3) is 0 Å². The standard InChI is InChI=1S/C20H28N4O/c1-23(2)18-10-8-17(9-11-18)15-24-19(12-13-21-24)22-20(25)14-16-6-4-3-5-7-16/h8-13,16H,3-7,14-15H2,1-2H3,(H,22,25). The Kier molecular flexibility index (Phi) is 5.74. The molecule has 0 saturated heterocycles. The van der Waals surface area contributed by atoms with Gasteiger partial charge in [-0.25, -0.2) is 4.68 Å². The highest BCUT2D eigenvalue weighted by molar-refractivity contribution is 5.90. The van der Waals surface area contributed by atoms with Gasteiger partial charge < -0.3 is 10.2 Å². The van der Waals surface area contributed by atoms with Crippen molar-refractivity contribution in [1.29, 1.82) is 0 Å². The number of carbonyl (C=O) groups is 1. The quantitative estimate of drug-likeness (QED) is 0.867. The summed E-state index contributed by atoms with van der Waals surface area (Å²) >= 11 is 0. The van der Waals surface area contributed by atoms with Crippen LogP contribution in [0.25, 0.3) is 0 Å². The lowest BCUT2D eigenvalue weighted by molar-refractivity contribution is -0.117. The van der Waals surface area contributed by atoms with Crippen LogP contribution in [-0.2, 0) is 11.3 Å². The zero-order valence-corrected chi connectivity index (χ0v) is 15.2. The second-order valence-corrected chi connectivity index (χ2v) is 7.19. The number of carbonyl (C=O) groups excluding carboxylic acids is 1. The largest absolute Gasteiger partial charge is 0.378 e. The van der Waals surface area contributed by atoms with Crippen LogP contribution < -0.4 is 10.2 Å². The van der Waals surface area contributed by atoms with Crippen LogP contribution in [0, 0.1) is 5.92 Å². The van der Waals surface area contributed by atoms with E-state index in [4.69, 9.17) is 0 Å². The SMILES string of the molecule is CN(C)c1ccc(Cn2nccc2NC(=O)CC2CCCCC2)cc1. The number of amides is 1. The first-order chi connectivity index (χ1) is 12.1. The predicted molar refractivity (Wildman–Crippen MR) is 102 cm³/mol. The zero-order chi connectivity index (χ0) is 17.6. The van der Waals surface area contributed by atoms with E-state index in [1.165, 1.54) is 37.8 Å². The Balaban J connectivity index is 1.59. The van der Waals surface area contributed by atoms with Gasteiger partial charge in [-0.3, -0.25) is 4.79 Å². The predicted octanol–water partition coefficient (Wildman–Crippen LogP) is 3.91. The average molecular weight is 340 g/mol. The summed E-state index contributed by atoms with van der Waals surface area (Å²) in [5, 5.41) is 7.40. The maximum absolute atomic E-state index is 12.3. The van der Waals surface area contributed by atoms with E-state index < -0.39 is 0 Å². The maximum Gasteiger partial charge on any atom is 0.225 e. The van der Waals surface area contributed by atoms with Crippen molar-refractivity contribution in [2.24, 2.45) is 5.92 Å². The molecule has 0 aliphatic heterocycles. The fourth-order valence-electron chi connectivity index (χ4n) is 3.48. The van der Waals surface area contributed by atoms with Crippen molar-refractivity contribution in [3.63, 3.8) is 0 Å². The Morgan fingerprint density at radius 1 is 1.16 bits per heavy atom. The van der Waals surface area contributed by atoms with E-state index in [0.29, 0.717) is 18.9 Å². The molecule has 134 valence electrons. The van der Waals surface area contributed by atoms with Gasteiger partial charge in [0.2, 0.25) is 5.91 Å². The lowest BCUT2D eigenvalue weighted by Crippen LogP contribution is -2.20. The molecule has 1 aromatic heterocycles. The normalized spacial score (nSPS) is 15.1. The first kappa shape index (κ1) is 17.5. The van der Waals surface area contributed by atoms with Crippen LogP contribution in [0.2, 0.25) is 0 Å². The van der Waals surface area contributed by atoms with Gasteiger partial charge in [-0.15, -0.1) is 0 Å². The fourth-order valence-corrected chi connectivity index (χ4v) is 3.48. The molecule has 0 bridgehead atoms. The minimum absolute atomic E-state index is 0.108. The van der Waals surface area contributed by atoms with E-state index >= 15 is 0 Å². The summed E-state index contributed by atoms with van der Waals surface area (Å²) in [5.74, 6) is 1.43. The molecule has 3 rings (SSSR count).